The first-order chi connectivity index (χ1) is 9.31. The number of pyridine rings is 1. The lowest BCUT2D eigenvalue weighted by Crippen LogP contribution is -2.41. The van der Waals surface area contributed by atoms with E-state index in [9.17, 15) is 0 Å². The van der Waals surface area contributed by atoms with Crippen LogP contribution in [0.25, 0.3) is 0 Å². The molecule has 3 rings (SSSR count). The molecule has 2 heterocycles. The molecule has 1 saturated carbocycles. The highest BCUT2D eigenvalue weighted by atomic mass is 15.2. The predicted octanol–water partition coefficient (Wildman–Crippen LogP) is 3.09. The third-order valence-electron chi connectivity index (χ3n) is 5.06. The fourth-order valence-electron chi connectivity index (χ4n) is 3.77. The maximum atomic E-state index is 5.68. The topological polar surface area (TPSA) is 42.1 Å². The summed E-state index contributed by atoms with van der Waals surface area (Å²) < 4.78 is 0. The number of aromatic nitrogens is 1. The van der Waals surface area contributed by atoms with Gasteiger partial charge < -0.3 is 10.6 Å². The van der Waals surface area contributed by atoms with E-state index in [1.807, 2.05) is 6.07 Å². The van der Waals surface area contributed by atoms with Crippen molar-refractivity contribution in [1.82, 2.24) is 4.98 Å². The summed E-state index contributed by atoms with van der Waals surface area (Å²) in [6.45, 7) is 2.87. The van der Waals surface area contributed by atoms with E-state index >= 15 is 0 Å². The second-order valence-electron chi connectivity index (χ2n) is 6.24. The maximum absolute atomic E-state index is 5.68. The number of hydrogen-bond acceptors (Lipinski definition) is 3. The fourth-order valence-corrected chi connectivity index (χ4v) is 3.77. The van der Waals surface area contributed by atoms with Gasteiger partial charge in [-0.15, -0.1) is 0 Å². The van der Waals surface area contributed by atoms with Gasteiger partial charge in [0.05, 0.1) is 5.69 Å². The van der Waals surface area contributed by atoms with E-state index < -0.39 is 0 Å². The van der Waals surface area contributed by atoms with E-state index in [4.69, 9.17) is 5.73 Å². The highest BCUT2D eigenvalue weighted by Crippen LogP contribution is 2.44. The third-order valence-corrected chi connectivity index (χ3v) is 5.06. The lowest BCUT2D eigenvalue weighted by Gasteiger charge is -2.44. The Hall–Kier alpha value is -1.09. The van der Waals surface area contributed by atoms with Crippen LogP contribution in [0.2, 0.25) is 0 Å². The van der Waals surface area contributed by atoms with Crippen molar-refractivity contribution in [3.8, 4) is 0 Å². The summed E-state index contributed by atoms with van der Waals surface area (Å²) in [5.41, 5.74) is 7.34. The Bertz CT molecular complexity index is 414. The summed E-state index contributed by atoms with van der Waals surface area (Å²) in [7, 11) is 0. The summed E-state index contributed by atoms with van der Waals surface area (Å²) in [6, 6.07) is 6.21. The lowest BCUT2D eigenvalue weighted by molar-refractivity contribution is 0.144. The summed E-state index contributed by atoms with van der Waals surface area (Å²) in [5, 5.41) is 0. The molecule has 1 aliphatic carbocycles. The first-order valence-electron chi connectivity index (χ1n) is 7.72. The minimum atomic E-state index is 0.533. The molecule has 0 radical (unpaired) electrons. The van der Waals surface area contributed by atoms with Crippen LogP contribution < -0.4 is 10.6 Å². The molecule has 2 aliphatic rings. The molecule has 1 aliphatic heterocycles. The maximum Gasteiger partial charge on any atom is 0.128 e. The SMILES string of the molecule is NCc1cccc(N2CCC3(CCCCC3)CC2)n1. The van der Waals surface area contributed by atoms with Gasteiger partial charge in [0.1, 0.15) is 5.82 Å². The number of nitrogens with two attached hydrogens (primary N) is 1. The van der Waals surface area contributed by atoms with Crippen molar-refractivity contribution < 1.29 is 0 Å². The van der Waals surface area contributed by atoms with Crippen LogP contribution in [-0.4, -0.2) is 18.1 Å². The van der Waals surface area contributed by atoms with Crippen LogP contribution in [0.5, 0.6) is 0 Å². The molecule has 19 heavy (non-hydrogen) atoms. The third kappa shape index (κ3) is 2.76. The summed E-state index contributed by atoms with van der Waals surface area (Å²) in [6.07, 6.45) is 9.95. The molecule has 1 saturated heterocycles. The van der Waals surface area contributed by atoms with Crippen LogP contribution in [-0.2, 0) is 6.54 Å². The number of anilines is 1. The number of rotatable bonds is 2. The second-order valence-corrected chi connectivity index (χ2v) is 6.24. The van der Waals surface area contributed by atoms with Crippen molar-refractivity contribution in [2.45, 2.75) is 51.5 Å². The van der Waals surface area contributed by atoms with Crippen molar-refractivity contribution >= 4 is 5.82 Å². The quantitative estimate of drug-likeness (QED) is 0.887. The normalized spacial score (nSPS) is 22.7. The van der Waals surface area contributed by atoms with Crippen LogP contribution >= 0.6 is 0 Å². The van der Waals surface area contributed by atoms with Gasteiger partial charge >= 0.3 is 0 Å². The zero-order chi connectivity index (χ0) is 13.1. The molecule has 0 amide bonds. The van der Waals surface area contributed by atoms with Crippen molar-refractivity contribution in [3.63, 3.8) is 0 Å². The van der Waals surface area contributed by atoms with Gasteiger partial charge in [-0.05, 0) is 43.2 Å². The second kappa shape index (κ2) is 5.49. The van der Waals surface area contributed by atoms with E-state index in [1.165, 1.54) is 58.0 Å². The largest absolute Gasteiger partial charge is 0.357 e. The monoisotopic (exact) mass is 259 g/mol. The summed E-state index contributed by atoms with van der Waals surface area (Å²) in [4.78, 5) is 7.09. The first-order valence-corrected chi connectivity index (χ1v) is 7.72. The average molecular weight is 259 g/mol. The number of hydrogen-bond donors (Lipinski definition) is 1. The van der Waals surface area contributed by atoms with Crippen molar-refractivity contribution in [1.29, 1.82) is 0 Å². The van der Waals surface area contributed by atoms with Crippen LogP contribution in [0.3, 0.4) is 0 Å². The zero-order valence-corrected chi connectivity index (χ0v) is 11.8. The molecule has 1 spiro atoms. The summed E-state index contributed by atoms with van der Waals surface area (Å²) in [5.74, 6) is 1.12. The minimum Gasteiger partial charge on any atom is -0.357 e. The Balaban J connectivity index is 1.65. The standard InChI is InChI=1S/C16H25N3/c17-13-14-5-4-6-15(18-14)19-11-9-16(10-12-19)7-2-1-3-8-16/h4-6H,1-3,7-13,17H2. The molecule has 0 aromatic carbocycles. The molecule has 0 unspecified atom stereocenters. The molecule has 2 N–H and O–H groups in total. The van der Waals surface area contributed by atoms with Gasteiger partial charge in [-0.2, -0.15) is 0 Å². The Labute approximate surface area is 116 Å². The minimum absolute atomic E-state index is 0.533. The molecule has 0 atom stereocenters. The van der Waals surface area contributed by atoms with Crippen molar-refractivity contribution in [3.05, 3.63) is 23.9 Å². The van der Waals surface area contributed by atoms with Gasteiger partial charge in [0, 0.05) is 19.6 Å². The van der Waals surface area contributed by atoms with Gasteiger partial charge in [0.2, 0.25) is 0 Å². The highest BCUT2D eigenvalue weighted by Gasteiger charge is 2.35. The van der Waals surface area contributed by atoms with Gasteiger partial charge in [-0.3, -0.25) is 0 Å². The first kappa shape index (κ1) is 12.9. The van der Waals surface area contributed by atoms with Gasteiger partial charge in [-0.25, -0.2) is 4.98 Å². The van der Waals surface area contributed by atoms with Crippen LogP contribution in [0.1, 0.15) is 50.6 Å². The summed E-state index contributed by atoms with van der Waals surface area (Å²) >= 11 is 0. The molecular weight excluding hydrogens is 234 g/mol. The highest BCUT2D eigenvalue weighted by molar-refractivity contribution is 5.40. The van der Waals surface area contributed by atoms with E-state index in [-0.39, 0.29) is 0 Å². The Morgan fingerprint density at radius 3 is 2.47 bits per heavy atom. The lowest BCUT2D eigenvalue weighted by atomic mass is 9.68. The molecule has 1 aromatic rings. The molecule has 2 fully saturated rings. The van der Waals surface area contributed by atoms with Crippen molar-refractivity contribution in [2.24, 2.45) is 11.1 Å². The van der Waals surface area contributed by atoms with E-state index in [0.717, 1.165) is 11.5 Å². The van der Waals surface area contributed by atoms with E-state index in [0.29, 0.717) is 12.0 Å². The van der Waals surface area contributed by atoms with Crippen LogP contribution in [0, 0.1) is 5.41 Å². The van der Waals surface area contributed by atoms with Crippen molar-refractivity contribution in [2.75, 3.05) is 18.0 Å². The molecule has 1 aromatic heterocycles. The molecule has 3 nitrogen and oxygen atoms in total. The molecular formula is C16H25N3. The Morgan fingerprint density at radius 1 is 1.05 bits per heavy atom. The van der Waals surface area contributed by atoms with E-state index in [2.05, 4.69) is 22.0 Å². The average Bonchev–Trinajstić information content (AvgIpc) is 2.49. The van der Waals surface area contributed by atoms with Crippen LogP contribution in [0.4, 0.5) is 5.82 Å². The van der Waals surface area contributed by atoms with E-state index in [1.54, 1.807) is 0 Å². The van der Waals surface area contributed by atoms with Gasteiger partial charge in [0.15, 0.2) is 0 Å². The predicted molar refractivity (Wildman–Crippen MR) is 79.1 cm³/mol. The molecule has 0 bridgehead atoms. The smallest absolute Gasteiger partial charge is 0.128 e. The number of nitrogens with zero attached hydrogens (tertiary/aromatic N) is 2. The van der Waals surface area contributed by atoms with Gasteiger partial charge in [-0.1, -0.05) is 25.3 Å². The zero-order valence-electron chi connectivity index (χ0n) is 11.8. The Kier molecular flexibility index (Phi) is 3.74. The molecule has 3 heteroatoms. The number of piperidine rings is 1. The van der Waals surface area contributed by atoms with Crippen LogP contribution in [0.15, 0.2) is 18.2 Å². The van der Waals surface area contributed by atoms with Gasteiger partial charge in [0.25, 0.3) is 0 Å². The Morgan fingerprint density at radius 2 is 1.79 bits per heavy atom. The fraction of sp³-hybridized carbons (Fsp3) is 0.688. The molecule has 104 valence electrons.